The third kappa shape index (κ3) is 8.02. The Morgan fingerprint density at radius 3 is 2.00 bits per heavy atom. The zero-order valence-corrected chi connectivity index (χ0v) is 7.45. The van der Waals surface area contributed by atoms with Crippen molar-refractivity contribution in [2.45, 2.75) is 38.9 Å². The van der Waals surface area contributed by atoms with Crippen LogP contribution in [0.15, 0.2) is 0 Å². The summed E-state index contributed by atoms with van der Waals surface area (Å²) in [4.78, 5) is 0. The zero-order valence-electron chi connectivity index (χ0n) is 7.45. The van der Waals surface area contributed by atoms with E-state index in [1.54, 1.807) is 0 Å². The largest absolute Gasteiger partial charge is 0.317 e. The SMILES string of the molecule is BCCCC.C1CCNC1. The molecule has 0 atom stereocenters. The lowest BCUT2D eigenvalue weighted by Crippen LogP contribution is -2.03. The van der Waals surface area contributed by atoms with Crippen LogP contribution < -0.4 is 5.32 Å². The predicted molar refractivity (Wildman–Crippen MR) is 50.4 cm³/mol. The van der Waals surface area contributed by atoms with E-state index < -0.39 is 0 Å². The van der Waals surface area contributed by atoms with Crippen molar-refractivity contribution in [3.05, 3.63) is 0 Å². The molecule has 0 amide bonds. The monoisotopic (exact) mass is 141 g/mol. The third-order valence-corrected chi connectivity index (χ3v) is 1.66. The zero-order chi connectivity index (χ0) is 7.66. The molecule has 0 spiro atoms. The van der Waals surface area contributed by atoms with E-state index in [4.69, 9.17) is 0 Å². The molecule has 2 heteroatoms. The number of unbranched alkanes of at least 4 members (excludes halogenated alkanes) is 1. The van der Waals surface area contributed by atoms with Crippen LogP contribution in [-0.4, -0.2) is 20.9 Å². The predicted octanol–water partition coefficient (Wildman–Crippen LogP) is 1.21. The van der Waals surface area contributed by atoms with Crippen LogP contribution in [0.25, 0.3) is 0 Å². The van der Waals surface area contributed by atoms with Gasteiger partial charge in [0.05, 0.1) is 0 Å². The molecule has 1 aliphatic heterocycles. The molecule has 10 heavy (non-hydrogen) atoms. The smallest absolute Gasteiger partial charge is 0.101 e. The van der Waals surface area contributed by atoms with E-state index in [1.165, 1.54) is 45.1 Å². The molecular weight excluding hydrogens is 121 g/mol. The molecule has 1 aliphatic rings. The van der Waals surface area contributed by atoms with E-state index in [9.17, 15) is 0 Å². The van der Waals surface area contributed by atoms with Gasteiger partial charge in [-0.2, -0.15) is 0 Å². The van der Waals surface area contributed by atoms with Crippen molar-refractivity contribution < 1.29 is 0 Å². The van der Waals surface area contributed by atoms with Gasteiger partial charge >= 0.3 is 0 Å². The van der Waals surface area contributed by atoms with Gasteiger partial charge in [0, 0.05) is 0 Å². The van der Waals surface area contributed by atoms with Crippen LogP contribution >= 0.6 is 0 Å². The molecule has 60 valence electrons. The van der Waals surface area contributed by atoms with Gasteiger partial charge < -0.3 is 5.32 Å². The van der Waals surface area contributed by atoms with Crippen LogP contribution in [0.2, 0.25) is 6.32 Å². The van der Waals surface area contributed by atoms with Gasteiger partial charge in [-0.3, -0.25) is 0 Å². The van der Waals surface area contributed by atoms with Gasteiger partial charge in [0.2, 0.25) is 0 Å². The lowest BCUT2D eigenvalue weighted by atomic mass is 10.0. The Balaban J connectivity index is 0.000000162. The average Bonchev–Trinajstić information content (AvgIpc) is 2.44. The van der Waals surface area contributed by atoms with Crippen LogP contribution in [0.3, 0.4) is 0 Å². The number of nitrogens with one attached hydrogen (secondary N) is 1. The Bertz CT molecular complexity index is 43.6. The Morgan fingerprint density at radius 1 is 1.30 bits per heavy atom. The summed E-state index contributed by atoms with van der Waals surface area (Å²) in [5.74, 6) is 0. The Labute approximate surface area is 66.0 Å². The van der Waals surface area contributed by atoms with Crippen molar-refractivity contribution in [1.29, 1.82) is 0 Å². The molecule has 0 aromatic rings. The second-order valence-electron chi connectivity index (χ2n) is 2.81. The van der Waals surface area contributed by atoms with E-state index in [0.29, 0.717) is 0 Å². The molecule has 1 nitrogen and oxygen atoms in total. The Kier molecular flexibility index (Phi) is 9.05. The second-order valence-corrected chi connectivity index (χ2v) is 2.81. The van der Waals surface area contributed by atoms with Gasteiger partial charge in [-0.05, 0) is 25.9 Å². The average molecular weight is 141 g/mol. The van der Waals surface area contributed by atoms with Crippen molar-refractivity contribution in [2.75, 3.05) is 13.1 Å². The highest BCUT2D eigenvalue weighted by atomic mass is 14.9. The normalized spacial score (nSPS) is 16.1. The molecule has 1 rings (SSSR count). The molecule has 0 radical (unpaired) electrons. The summed E-state index contributed by atoms with van der Waals surface area (Å²) in [6.45, 7) is 4.71. The Hall–Kier alpha value is 0.0249. The summed E-state index contributed by atoms with van der Waals surface area (Å²) in [7, 11) is 2.21. The van der Waals surface area contributed by atoms with E-state index in [2.05, 4.69) is 20.1 Å². The summed E-state index contributed by atoms with van der Waals surface area (Å²) < 4.78 is 0. The summed E-state index contributed by atoms with van der Waals surface area (Å²) in [5.41, 5.74) is 0. The number of rotatable bonds is 2. The maximum Gasteiger partial charge on any atom is 0.101 e. The lowest BCUT2D eigenvalue weighted by Gasteiger charge is -1.78. The lowest BCUT2D eigenvalue weighted by molar-refractivity contribution is 0.857. The van der Waals surface area contributed by atoms with Crippen molar-refractivity contribution in [3.8, 4) is 0 Å². The fourth-order valence-corrected chi connectivity index (χ4v) is 0.979. The molecule has 1 saturated heterocycles. The summed E-state index contributed by atoms with van der Waals surface area (Å²) in [6.07, 6.45) is 6.85. The maximum atomic E-state index is 3.22. The molecule has 0 unspecified atom stereocenters. The molecular formula is C8H20BN. The van der Waals surface area contributed by atoms with Gasteiger partial charge in [0.1, 0.15) is 7.85 Å². The summed E-state index contributed by atoms with van der Waals surface area (Å²) in [5, 5.41) is 3.22. The molecule has 1 fully saturated rings. The van der Waals surface area contributed by atoms with Crippen molar-refractivity contribution >= 4 is 7.85 Å². The van der Waals surface area contributed by atoms with E-state index in [1.807, 2.05) is 0 Å². The molecule has 1 heterocycles. The molecule has 0 bridgehead atoms. The molecule has 0 aromatic carbocycles. The van der Waals surface area contributed by atoms with E-state index in [0.717, 1.165) is 0 Å². The topological polar surface area (TPSA) is 12.0 Å². The summed E-state index contributed by atoms with van der Waals surface area (Å²) in [6, 6.07) is 0. The minimum Gasteiger partial charge on any atom is -0.317 e. The molecule has 0 saturated carbocycles. The van der Waals surface area contributed by atoms with Crippen molar-refractivity contribution in [2.24, 2.45) is 0 Å². The second kappa shape index (κ2) is 9.02. The fourth-order valence-electron chi connectivity index (χ4n) is 0.979. The van der Waals surface area contributed by atoms with Crippen LogP contribution in [0, 0.1) is 0 Å². The highest BCUT2D eigenvalue weighted by Crippen LogP contribution is 1.90. The first-order chi connectivity index (χ1) is 4.91. The Morgan fingerprint density at radius 2 is 1.90 bits per heavy atom. The van der Waals surface area contributed by atoms with Gasteiger partial charge in [0.25, 0.3) is 0 Å². The standard InChI is InChI=1S/C4H11B.C4H9N/c1-2-3-4-5;1-2-4-5-3-1/h2-5H2,1H3;5H,1-4H2. The minimum absolute atomic E-state index is 1.25. The van der Waals surface area contributed by atoms with Gasteiger partial charge in [-0.1, -0.05) is 26.1 Å². The number of hydrogen-bond donors (Lipinski definition) is 1. The molecule has 1 N–H and O–H groups in total. The highest BCUT2D eigenvalue weighted by Gasteiger charge is 1.93. The van der Waals surface area contributed by atoms with Crippen molar-refractivity contribution in [1.82, 2.24) is 5.32 Å². The van der Waals surface area contributed by atoms with Gasteiger partial charge in [-0.15, -0.1) is 0 Å². The summed E-state index contributed by atoms with van der Waals surface area (Å²) >= 11 is 0. The van der Waals surface area contributed by atoms with Crippen LogP contribution in [0.1, 0.15) is 32.6 Å². The minimum atomic E-state index is 1.25. The maximum absolute atomic E-state index is 3.22. The van der Waals surface area contributed by atoms with Crippen LogP contribution in [-0.2, 0) is 0 Å². The van der Waals surface area contributed by atoms with E-state index >= 15 is 0 Å². The first-order valence-electron chi connectivity index (χ1n) is 4.62. The fraction of sp³-hybridized carbons (Fsp3) is 1.00. The highest BCUT2D eigenvalue weighted by molar-refractivity contribution is 6.08. The van der Waals surface area contributed by atoms with Crippen molar-refractivity contribution in [3.63, 3.8) is 0 Å². The van der Waals surface area contributed by atoms with Gasteiger partial charge in [-0.25, -0.2) is 0 Å². The molecule has 0 aliphatic carbocycles. The first kappa shape index (κ1) is 10.0. The molecule has 0 aromatic heterocycles. The van der Waals surface area contributed by atoms with Crippen LogP contribution in [0.4, 0.5) is 0 Å². The van der Waals surface area contributed by atoms with Crippen LogP contribution in [0.5, 0.6) is 0 Å². The quantitative estimate of drug-likeness (QED) is 0.570. The number of hydrogen-bond acceptors (Lipinski definition) is 1. The first-order valence-corrected chi connectivity index (χ1v) is 4.62. The third-order valence-electron chi connectivity index (χ3n) is 1.66. The van der Waals surface area contributed by atoms with Gasteiger partial charge in [0.15, 0.2) is 0 Å². The van der Waals surface area contributed by atoms with E-state index in [-0.39, 0.29) is 0 Å².